The van der Waals surface area contributed by atoms with Crippen molar-refractivity contribution in [3.05, 3.63) is 53.6 Å². The van der Waals surface area contributed by atoms with Crippen LogP contribution in [0, 0.1) is 0 Å². The third-order valence-electron chi connectivity index (χ3n) is 4.09. The minimum atomic E-state index is -0.125. The molecule has 1 aliphatic rings. The summed E-state index contributed by atoms with van der Waals surface area (Å²) in [6.45, 7) is 0.0408. The van der Waals surface area contributed by atoms with E-state index in [1.807, 2.05) is 42.7 Å². The number of carbonyl (C=O) groups is 1. The highest BCUT2D eigenvalue weighted by Crippen LogP contribution is 2.29. The Labute approximate surface area is 141 Å². The zero-order chi connectivity index (χ0) is 16.1. The quantitative estimate of drug-likeness (QED) is 0.832. The molecule has 1 aliphatic carbocycles. The fourth-order valence-corrected chi connectivity index (χ4v) is 3.51. The summed E-state index contributed by atoms with van der Waals surface area (Å²) in [7, 11) is 0. The van der Waals surface area contributed by atoms with E-state index in [1.54, 1.807) is 11.8 Å². The molecule has 0 fully saturated rings. The van der Waals surface area contributed by atoms with Crippen LogP contribution in [0.5, 0.6) is 5.75 Å². The molecule has 3 nitrogen and oxygen atoms in total. The van der Waals surface area contributed by atoms with Gasteiger partial charge in [-0.3, -0.25) is 4.79 Å². The monoisotopic (exact) mass is 327 g/mol. The summed E-state index contributed by atoms with van der Waals surface area (Å²) in [6, 6.07) is 13.9. The number of para-hydroxylation sites is 1. The molecule has 0 aromatic heterocycles. The molecule has 3 rings (SSSR count). The number of hydrogen-bond acceptors (Lipinski definition) is 3. The molecule has 0 atom stereocenters. The van der Waals surface area contributed by atoms with Crippen LogP contribution in [-0.2, 0) is 17.6 Å². The lowest BCUT2D eigenvalue weighted by Gasteiger charge is -2.19. The summed E-state index contributed by atoms with van der Waals surface area (Å²) in [5.74, 6) is 0.732. The lowest BCUT2D eigenvalue weighted by Crippen LogP contribution is -2.21. The van der Waals surface area contributed by atoms with Crippen LogP contribution in [0.2, 0.25) is 0 Å². The molecule has 2 aromatic rings. The highest BCUT2D eigenvalue weighted by atomic mass is 32.2. The SMILES string of the molecule is CSc1ccccc1NC(=O)COc1cccc2c1CCCC2. The topological polar surface area (TPSA) is 38.3 Å². The standard InChI is InChI=1S/C19H21NO2S/c1-23-18-12-5-4-10-16(18)20-19(21)13-22-17-11-6-8-14-7-2-3-9-15(14)17/h4-6,8,10-12H,2-3,7,9,13H2,1H3,(H,20,21). The van der Waals surface area contributed by atoms with Crippen molar-refractivity contribution in [3.8, 4) is 5.75 Å². The number of hydrogen-bond donors (Lipinski definition) is 1. The molecule has 0 spiro atoms. The first-order valence-corrected chi connectivity index (χ1v) is 9.17. The molecular formula is C19H21NO2S. The molecule has 0 bridgehead atoms. The van der Waals surface area contributed by atoms with Crippen molar-refractivity contribution in [3.63, 3.8) is 0 Å². The summed E-state index contributed by atoms with van der Waals surface area (Å²) in [5, 5.41) is 2.93. The molecule has 0 unspecified atom stereocenters. The fraction of sp³-hybridized carbons (Fsp3) is 0.316. The molecule has 0 saturated carbocycles. The second-order valence-corrected chi connectivity index (χ2v) is 6.49. The van der Waals surface area contributed by atoms with Crippen LogP contribution in [0.3, 0.4) is 0 Å². The molecule has 0 saturated heterocycles. The fourth-order valence-electron chi connectivity index (χ4n) is 2.96. The Morgan fingerprint density at radius 2 is 1.96 bits per heavy atom. The van der Waals surface area contributed by atoms with Gasteiger partial charge in [0, 0.05) is 4.90 Å². The first-order valence-electron chi connectivity index (χ1n) is 7.94. The van der Waals surface area contributed by atoms with E-state index in [2.05, 4.69) is 11.4 Å². The Kier molecular flexibility index (Phi) is 5.23. The van der Waals surface area contributed by atoms with E-state index in [0.29, 0.717) is 0 Å². The predicted molar refractivity (Wildman–Crippen MR) is 95.4 cm³/mol. The van der Waals surface area contributed by atoms with Gasteiger partial charge in [0.2, 0.25) is 0 Å². The molecule has 1 N–H and O–H groups in total. The number of thioether (sulfide) groups is 1. The van der Waals surface area contributed by atoms with Crippen molar-refractivity contribution in [2.24, 2.45) is 0 Å². The van der Waals surface area contributed by atoms with E-state index in [9.17, 15) is 4.79 Å². The molecule has 120 valence electrons. The van der Waals surface area contributed by atoms with Gasteiger partial charge < -0.3 is 10.1 Å². The number of aryl methyl sites for hydroxylation is 1. The van der Waals surface area contributed by atoms with Gasteiger partial charge in [-0.2, -0.15) is 0 Å². The number of nitrogens with one attached hydrogen (secondary N) is 1. The molecule has 23 heavy (non-hydrogen) atoms. The molecule has 2 aromatic carbocycles. The molecule has 1 amide bonds. The molecule has 0 heterocycles. The Morgan fingerprint density at radius 1 is 1.13 bits per heavy atom. The average molecular weight is 327 g/mol. The van der Waals surface area contributed by atoms with E-state index in [1.165, 1.54) is 24.0 Å². The lowest BCUT2D eigenvalue weighted by molar-refractivity contribution is -0.118. The van der Waals surface area contributed by atoms with Gasteiger partial charge in [-0.1, -0.05) is 24.3 Å². The Bertz CT molecular complexity index is 700. The van der Waals surface area contributed by atoms with Crippen LogP contribution in [0.25, 0.3) is 0 Å². The maximum atomic E-state index is 12.2. The summed E-state index contributed by atoms with van der Waals surface area (Å²) in [4.78, 5) is 13.2. The maximum Gasteiger partial charge on any atom is 0.262 e. The smallest absolute Gasteiger partial charge is 0.262 e. The number of amides is 1. The van der Waals surface area contributed by atoms with Crippen molar-refractivity contribution in [1.29, 1.82) is 0 Å². The Morgan fingerprint density at radius 3 is 2.83 bits per heavy atom. The van der Waals surface area contributed by atoms with Crippen molar-refractivity contribution in [2.75, 3.05) is 18.2 Å². The summed E-state index contributed by atoms with van der Waals surface area (Å²) in [5.41, 5.74) is 3.47. The molecule has 4 heteroatoms. The van der Waals surface area contributed by atoms with Gasteiger partial charge in [-0.05, 0) is 61.3 Å². The van der Waals surface area contributed by atoms with Gasteiger partial charge in [-0.15, -0.1) is 11.8 Å². The van der Waals surface area contributed by atoms with Gasteiger partial charge >= 0.3 is 0 Å². The van der Waals surface area contributed by atoms with Crippen molar-refractivity contribution in [1.82, 2.24) is 0 Å². The molecule has 0 aliphatic heterocycles. The highest BCUT2D eigenvalue weighted by Gasteiger charge is 2.15. The summed E-state index contributed by atoms with van der Waals surface area (Å²) in [6.07, 6.45) is 6.59. The van der Waals surface area contributed by atoms with E-state index >= 15 is 0 Å². The maximum absolute atomic E-state index is 12.2. The van der Waals surface area contributed by atoms with Crippen molar-refractivity contribution >= 4 is 23.4 Å². The van der Waals surface area contributed by atoms with Gasteiger partial charge in [0.1, 0.15) is 5.75 Å². The van der Waals surface area contributed by atoms with E-state index < -0.39 is 0 Å². The summed E-state index contributed by atoms with van der Waals surface area (Å²) < 4.78 is 5.79. The van der Waals surface area contributed by atoms with Gasteiger partial charge in [-0.25, -0.2) is 0 Å². The number of fused-ring (bicyclic) bond motifs is 1. The normalized spacial score (nSPS) is 13.3. The average Bonchev–Trinajstić information content (AvgIpc) is 2.60. The predicted octanol–water partition coefficient (Wildman–Crippen LogP) is 4.30. The minimum absolute atomic E-state index is 0.0408. The van der Waals surface area contributed by atoms with Crippen molar-refractivity contribution < 1.29 is 9.53 Å². The van der Waals surface area contributed by atoms with Crippen LogP contribution in [0.15, 0.2) is 47.4 Å². The number of ether oxygens (including phenoxy) is 1. The zero-order valence-corrected chi connectivity index (χ0v) is 14.1. The lowest BCUT2D eigenvalue weighted by atomic mass is 9.91. The Balaban J connectivity index is 1.63. The second kappa shape index (κ2) is 7.55. The third kappa shape index (κ3) is 3.88. The van der Waals surface area contributed by atoms with Crippen LogP contribution >= 0.6 is 11.8 Å². The third-order valence-corrected chi connectivity index (χ3v) is 4.89. The minimum Gasteiger partial charge on any atom is -0.483 e. The van der Waals surface area contributed by atoms with Crippen LogP contribution in [0.4, 0.5) is 5.69 Å². The van der Waals surface area contributed by atoms with E-state index in [4.69, 9.17) is 4.74 Å². The highest BCUT2D eigenvalue weighted by molar-refractivity contribution is 7.98. The van der Waals surface area contributed by atoms with Crippen LogP contribution in [-0.4, -0.2) is 18.8 Å². The molecule has 0 radical (unpaired) electrons. The second-order valence-electron chi connectivity index (χ2n) is 5.64. The van der Waals surface area contributed by atoms with E-state index in [-0.39, 0.29) is 12.5 Å². The number of benzene rings is 2. The van der Waals surface area contributed by atoms with Crippen LogP contribution in [0.1, 0.15) is 24.0 Å². The van der Waals surface area contributed by atoms with Gasteiger partial charge in [0.25, 0.3) is 5.91 Å². The Hall–Kier alpha value is -1.94. The largest absolute Gasteiger partial charge is 0.483 e. The number of carbonyl (C=O) groups excluding carboxylic acids is 1. The van der Waals surface area contributed by atoms with Gasteiger partial charge in [0.15, 0.2) is 6.61 Å². The number of rotatable bonds is 5. The van der Waals surface area contributed by atoms with E-state index in [0.717, 1.165) is 29.2 Å². The number of anilines is 1. The first-order chi connectivity index (χ1) is 11.3. The van der Waals surface area contributed by atoms with Crippen LogP contribution < -0.4 is 10.1 Å². The van der Waals surface area contributed by atoms with Crippen molar-refractivity contribution in [2.45, 2.75) is 30.6 Å². The summed E-state index contributed by atoms with van der Waals surface area (Å²) >= 11 is 1.61. The first kappa shape index (κ1) is 15.9. The zero-order valence-electron chi connectivity index (χ0n) is 13.3. The molecular weight excluding hydrogens is 306 g/mol. The van der Waals surface area contributed by atoms with Gasteiger partial charge in [0.05, 0.1) is 5.69 Å².